The molecule has 1 aliphatic heterocycles. The maximum atomic E-state index is 11.2. The molecule has 1 amide bonds. The monoisotopic (exact) mass is 247 g/mol. The van der Waals surface area contributed by atoms with Gasteiger partial charge in [-0.3, -0.25) is 4.79 Å². The first-order valence-electron chi connectivity index (χ1n) is 5.10. The summed E-state index contributed by atoms with van der Waals surface area (Å²) in [5.41, 5.74) is 0. The van der Waals surface area contributed by atoms with Gasteiger partial charge in [-0.1, -0.05) is 0 Å². The summed E-state index contributed by atoms with van der Waals surface area (Å²) in [4.78, 5) is 16.3. The van der Waals surface area contributed by atoms with E-state index < -0.39 is 10.0 Å². The fraction of sp³-hybridized carbons (Fsp3) is 0.778. The molecule has 0 atom stereocenters. The summed E-state index contributed by atoms with van der Waals surface area (Å²) < 4.78 is 23.9. The smallest absolute Gasteiger partial charge is 0.246 e. The van der Waals surface area contributed by atoms with Gasteiger partial charge in [0.15, 0.2) is 0 Å². The predicted molar refractivity (Wildman–Crippen MR) is 62.0 cm³/mol. The molecule has 0 aliphatic carbocycles. The fourth-order valence-electron chi connectivity index (χ4n) is 1.62. The highest BCUT2D eigenvalue weighted by atomic mass is 32.2. The lowest BCUT2D eigenvalue weighted by molar-refractivity contribution is -0.118. The van der Waals surface area contributed by atoms with Crippen molar-refractivity contribution in [2.24, 2.45) is 4.99 Å². The molecule has 0 spiro atoms. The van der Waals surface area contributed by atoms with Crippen molar-refractivity contribution < 1.29 is 13.2 Å². The van der Waals surface area contributed by atoms with E-state index in [0.29, 0.717) is 39.1 Å². The molecule has 1 heterocycles. The molecule has 0 saturated carbocycles. The van der Waals surface area contributed by atoms with E-state index >= 15 is 0 Å². The summed E-state index contributed by atoms with van der Waals surface area (Å²) in [6.45, 7) is 6.10. The van der Waals surface area contributed by atoms with Crippen LogP contribution in [0.3, 0.4) is 0 Å². The second-order valence-corrected chi connectivity index (χ2v) is 5.79. The van der Waals surface area contributed by atoms with Crippen LogP contribution in [0.1, 0.15) is 6.42 Å². The number of aliphatic imine (C=N–C) groups is 1. The zero-order valence-corrected chi connectivity index (χ0v) is 10.2. The average Bonchev–Trinajstić information content (AvgIpc) is 2.25. The maximum Gasteiger partial charge on any atom is 0.246 e. The minimum absolute atomic E-state index is 0.217. The molecule has 0 N–H and O–H groups in total. The summed E-state index contributed by atoms with van der Waals surface area (Å²) in [5, 5.41) is 0. The van der Waals surface area contributed by atoms with E-state index in [-0.39, 0.29) is 5.91 Å². The van der Waals surface area contributed by atoms with Gasteiger partial charge < -0.3 is 4.90 Å². The van der Waals surface area contributed by atoms with Crippen LogP contribution in [0.2, 0.25) is 0 Å². The number of carbonyl (C=O) groups excluding carboxylic acids is 1. The molecule has 1 rings (SSSR count). The highest BCUT2D eigenvalue weighted by Gasteiger charge is 2.23. The molecule has 7 heteroatoms. The van der Waals surface area contributed by atoms with Crippen LogP contribution in [0.15, 0.2) is 4.99 Å². The Kier molecular flexibility index (Phi) is 4.57. The van der Waals surface area contributed by atoms with E-state index in [9.17, 15) is 13.2 Å². The van der Waals surface area contributed by atoms with E-state index in [1.54, 1.807) is 0 Å². The summed E-state index contributed by atoms with van der Waals surface area (Å²) in [5.74, 6) is -0.217. The summed E-state index contributed by atoms with van der Waals surface area (Å²) in [6.07, 6.45) is 1.57. The summed E-state index contributed by atoms with van der Waals surface area (Å²) in [7, 11) is -3.07. The molecule has 0 bridgehead atoms. The Morgan fingerprint density at radius 1 is 1.31 bits per heavy atom. The number of amides is 1. The number of rotatable bonds is 4. The zero-order valence-electron chi connectivity index (χ0n) is 9.42. The maximum absolute atomic E-state index is 11.2. The molecule has 6 nitrogen and oxygen atoms in total. The minimum atomic E-state index is -3.07. The molecular weight excluding hydrogens is 230 g/mol. The summed E-state index contributed by atoms with van der Waals surface area (Å²) in [6, 6.07) is 0. The Hall–Kier alpha value is -0.790. The third-order valence-electron chi connectivity index (χ3n) is 2.62. The normalized spacial score (nSPS) is 19.6. The molecule has 1 saturated heterocycles. The molecule has 0 unspecified atom stereocenters. The largest absolute Gasteiger partial charge is 0.300 e. The van der Waals surface area contributed by atoms with Crippen LogP contribution in [-0.2, 0) is 14.8 Å². The van der Waals surface area contributed by atoms with E-state index in [2.05, 4.69) is 16.6 Å². The number of piperazine rings is 1. The minimum Gasteiger partial charge on any atom is -0.300 e. The van der Waals surface area contributed by atoms with Crippen molar-refractivity contribution >= 4 is 22.6 Å². The lowest BCUT2D eigenvalue weighted by Gasteiger charge is -2.32. The van der Waals surface area contributed by atoms with Crippen LogP contribution in [0.25, 0.3) is 0 Å². The predicted octanol–water partition coefficient (Wildman–Crippen LogP) is -0.819. The van der Waals surface area contributed by atoms with Gasteiger partial charge in [-0.15, -0.1) is 0 Å². The number of hydrogen-bond acceptors (Lipinski definition) is 4. The molecule has 0 radical (unpaired) electrons. The highest BCUT2D eigenvalue weighted by molar-refractivity contribution is 7.88. The van der Waals surface area contributed by atoms with Gasteiger partial charge in [0.1, 0.15) is 0 Å². The van der Waals surface area contributed by atoms with Crippen LogP contribution in [-0.4, -0.2) is 69.2 Å². The molecule has 0 aromatic rings. The van der Waals surface area contributed by atoms with E-state index in [1.807, 2.05) is 0 Å². The average molecular weight is 247 g/mol. The van der Waals surface area contributed by atoms with Crippen molar-refractivity contribution in [2.45, 2.75) is 6.42 Å². The van der Waals surface area contributed by atoms with Crippen LogP contribution >= 0.6 is 0 Å². The lowest BCUT2D eigenvalue weighted by atomic mass is 10.3. The molecule has 0 aromatic carbocycles. The van der Waals surface area contributed by atoms with Gasteiger partial charge in [-0.25, -0.2) is 13.4 Å². The van der Waals surface area contributed by atoms with Crippen LogP contribution in [0, 0.1) is 0 Å². The Labute approximate surface area is 96.0 Å². The first-order valence-corrected chi connectivity index (χ1v) is 6.95. The quantitative estimate of drug-likeness (QED) is 0.609. The first kappa shape index (κ1) is 13.3. The Morgan fingerprint density at radius 2 is 1.88 bits per heavy atom. The van der Waals surface area contributed by atoms with Crippen LogP contribution < -0.4 is 0 Å². The van der Waals surface area contributed by atoms with Gasteiger partial charge >= 0.3 is 0 Å². The molecular formula is C9H17N3O3S. The van der Waals surface area contributed by atoms with Crippen LogP contribution in [0.4, 0.5) is 0 Å². The first-order chi connectivity index (χ1) is 7.43. The Balaban J connectivity index is 2.32. The second-order valence-electron chi connectivity index (χ2n) is 3.81. The van der Waals surface area contributed by atoms with Gasteiger partial charge in [0.25, 0.3) is 0 Å². The second kappa shape index (κ2) is 5.51. The molecule has 1 fully saturated rings. The zero-order chi connectivity index (χ0) is 12.2. The standard InChI is InChI=1S/C9H17N3O3S/c1-10-9(13)3-4-11-5-7-12(8-6-11)16(2,14)15/h1,3-8H2,2H3. The van der Waals surface area contributed by atoms with Crippen molar-refractivity contribution in [3.05, 3.63) is 0 Å². The van der Waals surface area contributed by atoms with Gasteiger partial charge in [0, 0.05) is 39.1 Å². The van der Waals surface area contributed by atoms with Crippen molar-refractivity contribution in [3.63, 3.8) is 0 Å². The van der Waals surface area contributed by atoms with E-state index in [0.717, 1.165) is 0 Å². The highest BCUT2D eigenvalue weighted by Crippen LogP contribution is 2.06. The molecule has 16 heavy (non-hydrogen) atoms. The van der Waals surface area contributed by atoms with E-state index in [4.69, 9.17) is 0 Å². The SMILES string of the molecule is C=NC(=O)CCN1CCN(S(C)(=O)=O)CC1. The third kappa shape index (κ3) is 3.99. The number of sulfonamides is 1. The molecule has 0 aromatic heterocycles. The number of nitrogens with zero attached hydrogens (tertiary/aromatic N) is 3. The lowest BCUT2D eigenvalue weighted by Crippen LogP contribution is -2.48. The third-order valence-corrected chi connectivity index (χ3v) is 3.92. The Morgan fingerprint density at radius 3 is 2.31 bits per heavy atom. The van der Waals surface area contributed by atoms with Gasteiger partial charge in [0.2, 0.25) is 15.9 Å². The van der Waals surface area contributed by atoms with Gasteiger partial charge in [-0.05, 0) is 6.72 Å². The van der Waals surface area contributed by atoms with Gasteiger partial charge in [-0.2, -0.15) is 4.31 Å². The number of carbonyl (C=O) groups is 1. The van der Waals surface area contributed by atoms with Gasteiger partial charge in [0.05, 0.1) is 6.26 Å². The fourth-order valence-corrected chi connectivity index (χ4v) is 2.44. The number of hydrogen-bond donors (Lipinski definition) is 0. The van der Waals surface area contributed by atoms with Crippen LogP contribution in [0.5, 0.6) is 0 Å². The van der Waals surface area contributed by atoms with Crippen molar-refractivity contribution in [1.29, 1.82) is 0 Å². The van der Waals surface area contributed by atoms with Crippen molar-refractivity contribution in [1.82, 2.24) is 9.21 Å². The topological polar surface area (TPSA) is 70.1 Å². The Bertz CT molecular complexity index is 358. The van der Waals surface area contributed by atoms with Crippen molar-refractivity contribution in [2.75, 3.05) is 39.0 Å². The molecule has 92 valence electrons. The molecule has 1 aliphatic rings. The van der Waals surface area contributed by atoms with E-state index in [1.165, 1.54) is 10.6 Å². The van der Waals surface area contributed by atoms with Crippen molar-refractivity contribution in [3.8, 4) is 0 Å². The summed E-state index contributed by atoms with van der Waals surface area (Å²) >= 11 is 0.